The number of hydrogen-bond donors (Lipinski definition) is 2. The molecule has 0 fully saturated rings. The number of carbonyl (C=O) groups is 1. The van der Waals surface area contributed by atoms with Crippen molar-refractivity contribution in [2.75, 3.05) is 14.2 Å². The van der Waals surface area contributed by atoms with Crippen molar-refractivity contribution in [2.45, 2.75) is 4.90 Å². The van der Waals surface area contributed by atoms with Crippen molar-refractivity contribution in [1.82, 2.24) is 4.72 Å². The molecule has 16 heavy (non-hydrogen) atoms. The predicted octanol–water partition coefficient (Wildman–Crippen LogP) is 0.301. The topological polar surface area (TPSA) is 92.7 Å². The highest BCUT2D eigenvalue weighted by atomic mass is 32.2. The van der Waals surface area contributed by atoms with Gasteiger partial charge >= 0.3 is 5.97 Å². The molecule has 1 aromatic carbocycles. The number of rotatable bonds is 4. The lowest BCUT2D eigenvalue weighted by Crippen LogP contribution is -2.19. The normalized spacial score (nSPS) is 11.1. The fourth-order valence-electron chi connectivity index (χ4n) is 1.13. The Balaban J connectivity index is 3.39. The maximum Gasteiger partial charge on any atom is 0.335 e. The summed E-state index contributed by atoms with van der Waals surface area (Å²) in [6.45, 7) is 0. The Morgan fingerprint density at radius 2 is 2.06 bits per heavy atom. The van der Waals surface area contributed by atoms with Gasteiger partial charge in [-0.1, -0.05) is 0 Å². The van der Waals surface area contributed by atoms with E-state index in [2.05, 4.69) is 4.72 Å². The molecule has 0 unspecified atom stereocenters. The molecule has 0 saturated heterocycles. The molecule has 88 valence electrons. The van der Waals surface area contributed by atoms with Gasteiger partial charge in [-0.2, -0.15) is 0 Å². The van der Waals surface area contributed by atoms with Gasteiger partial charge in [-0.05, 0) is 25.2 Å². The van der Waals surface area contributed by atoms with Gasteiger partial charge < -0.3 is 9.84 Å². The molecule has 0 aliphatic carbocycles. The minimum atomic E-state index is -3.65. The summed E-state index contributed by atoms with van der Waals surface area (Å²) in [6.07, 6.45) is 0. The molecule has 0 radical (unpaired) electrons. The van der Waals surface area contributed by atoms with Gasteiger partial charge in [0, 0.05) is 0 Å². The van der Waals surface area contributed by atoms with Crippen molar-refractivity contribution >= 4 is 16.0 Å². The van der Waals surface area contributed by atoms with Crippen molar-refractivity contribution < 1.29 is 23.1 Å². The van der Waals surface area contributed by atoms with Crippen LogP contribution in [0.25, 0.3) is 0 Å². The minimum absolute atomic E-state index is 0.00532. The largest absolute Gasteiger partial charge is 0.495 e. The number of sulfonamides is 1. The average Bonchev–Trinajstić information content (AvgIpc) is 2.28. The van der Waals surface area contributed by atoms with Crippen LogP contribution in [0.4, 0.5) is 0 Å². The Morgan fingerprint density at radius 3 is 2.50 bits per heavy atom. The van der Waals surface area contributed by atoms with E-state index in [1.807, 2.05) is 0 Å². The second-order valence-electron chi connectivity index (χ2n) is 2.88. The Bertz CT molecular complexity index is 509. The van der Waals surface area contributed by atoms with Gasteiger partial charge in [0.05, 0.1) is 12.7 Å². The van der Waals surface area contributed by atoms with Gasteiger partial charge in [-0.25, -0.2) is 17.9 Å². The Labute approximate surface area is 92.9 Å². The molecule has 1 rings (SSSR count). The van der Waals surface area contributed by atoms with E-state index >= 15 is 0 Å². The Hall–Kier alpha value is -1.60. The summed E-state index contributed by atoms with van der Waals surface area (Å²) in [5.74, 6) is -1.15. The van der Waals surface area contributed by atoms with Crippen molar-refractivity contribution in [3.05, 3.63) is 23.8 Å². The number of carboxylic acids is 1. The minimum Gasteiger partial charge on any atom is -0.495 e. The second-order valence-corrected chi connectivity index (χ2v) is 4.73. The number of ether oxygens (including phenoxy) is 1. The zero-order valence-electron chi connectivity index (χ0n) is 8.72. The van der Waals surface area contributed by atoms with Crippen molar-refractivity contribution in [3.63, 3.8) is 0 Å². The fourth-order valence-corrected chi connectivity index (χ4v) is 2.01. The quantitative estimate of drug-likeness (QED) is 0.796. The van der Waals surface area contributed by atoms with Crippen LogP contribution in [0.2, 0.25) is 0 Å². The molecule has 1 aromatic rings. The van der Waals surface area contributed by atoms with Gasteiger partial charge in [-0.15, -0.1) is 0 Å². The lowest BCUT2D eigenvalue weighted by atomic mass is 10.2. The third-order valence-electron chi connectivity index (χ3n) is 1.97. The lowest BCUT2D eigenvalue weighted by molar-refractivity contribution is 0.0696. The van der Waals surface area contributed by atoms with E-state index in [1.54, 1.807) is 0 Å². The lowest BCUT2D eigenvalue weighted by Gasteiger charge is -2.09. The summed E-state index contributed by atoms with van der Waals surface area (Å²) < 4.78 is 30.0. The monoisotopic (exact) mass is 245 g/mol. The molecule has 0 saturated carbocycles. The van der Waals surface area contributed by atoms with Gasteiger partial charge in [0.2, 0.25) is 10.0 Å². The van der Waals surface area contributed by atoms with Crippen LogP contribution in [0.3, 0.4) is 0 Å². The van der Waals surface area contributed by atoms with Gasteiger partial charge in [0.15, 0.2) is 0 Å². The first-order valence-corrected chi connectivity index (χ1v) is 5.75. The smallest absolute Gasteiger partial charge is 0.335 e. The molecule has 0 heterocycles. The van der Waals surface area contributed by atoms with E-state index in [0.717, 1.165) is 6.07 Å². The highest BCUT2D eigenvalue weighted by Crippen LogP contribution is 2.24. The second kappa shape index (κ2) is 4.50. The summed E-state index contributed by atoms with van der Waals surface area (Å²) >= 11 is 0. The molecule has 0 aliphatic rings. The molecule has 6 nitrogen and oxygen atoms in total. The van der Waals surface area contributed by atoms with Gasteiger partial charge in [-0.3, -0.25) is 0 Å². The van der Waals surface area contributed by atoms with E-state index in [1.165, 1.54) is 26.3 Å². The van der Waals surface area contributed by atoms with Crippen LogP contribution in [-0.2, 0) is 10.0 Å². The zero-order valence-corrected chi connectivity index (χ0v) is 9.54. The molecular weight excluding hydrogens is 234 g/mol. The molecule has 0 atom stereocenters. The summed E-state index contributed by atoms with van der Waals surface area (Å²) in [4.78, 5) is 10.6. The van der Waals surface area contributed by atoms with Crippen LogP contribution in [0, 0.1) is 0 Å². The van der Waals surface area contributed by atoms with Gasteiger partial charge in [0.1, 0.15) is 10.6 Å². The number of methoxy groups -OCH3 is 1. The van der Waals surface area contributed by atoms with E-state index in [9.17, 15) is 13.2 Å². The van der Waals surface area contributed by atoms with Crippen LogP contribution >= 0.6 is 0 Å². The maximum atomic E-state index is 11.5. The Morgan fingerprint density at radius 1 is 1.44 bits per heavy atom. The van der Waals surface area contributed by atoms with E-state index in [0.29, 0.717) is 0 Å². The van der Waals surface area contributed by atoms with Crippen molar-refractivity contribution in [3.8, 4) is 5.75 Å². The molecule has 0 spiro atoms. The molecular formula is C9H11NO5S. The van der Waals surface area contributed by atoms with Crippen LogP contribution in [-0.4, -0.2) is 33.7 Å². The highest BCUT2D eigenvalue weighted by molar-refractivity contribution is 7.89. The third kappa shape index (κ3) is 2.31. The van der Waals surface area contributed by atoms with Gasteiger partial charge in [0.25, 0.3) is 0 Å². The summed E-state index contributed by atoms with van der Waals surface area (Å²) in [5, 5.41) is 8.74. The van der Waals surface area contributed by atoms with Crippen LogP contribution in [0.5, 0.6) is 5.75 Å². The third-order valence-corrected chi connectivity index (χ3v) is 3.42. The number of carboxylic acid groups (broad SMARTS) is 1. The standard InChI is InChI=1S/C9H11NO5S/c1-10-16(13,14)8-4-3-6(9(11)12)5-7(8)15-2/h3-5,10H,1-2H3,(H,11,12). The van der Waals surface area contributed by atoms with E-state index in [4.69, 9.17) is 9.84 Å². The highest BCUT2D eigenvalue weighted by Gasteiger charge is 2.19. The zero-order chi connectivity index (χ0) is 12.3. The Kier molecular flexibility index (Phi) is 3.51. The number of hydrogen-bond acceptors (Lipinski definition) is 4. The molecule has 2 N–H and O–H groups in total. The maximum absolute atomic E-state index is 11.5. The molecule has 0 aromatic heterocycles. The fraction of sp³-hybridized carbons (Fsp3) is 0.222. The molecule has 0 aliphatic heterocycles. The summed E-state index contributed by atoms with van der Waals surface area (Å²) in [7, 11) is -1.11. The van der Waals surface area contributed by atoms with Crippen molar-refractivity contribution in [2.24, 2.45) is 0 Å². The molecule has 0 amide bonds. The van der Waals surface area contributed by atoms with E-state index < -0.39 is 16.0 Å². The van der Waals surface area contributed by atoms with Crippen LogP contribution in [0.1, 0.15) is 10.4 Å². The number of aromatic carboxylic acids is 1. The van der Waals surface area contributed by atoms with Crippen LogP contribution < -0.4 is 9.46 Å². The number of nitrogens with one attached hydrogen (secondary N) is 1. The number of benzene rings is 1. The first-order valence-electron chi connectivity index (χ1n) is 4.27. The first kappa shape index (κ1) is 12.5. The SMILES string of the molecule is CNS(=O)(=O)c1ccc(C(=O)O)cc1OC. The predicted molar refractivity (Wildman–Crippen MR) is 56.2 cm³/mol. The molecule has 0 bridgehead atoms. The van der Waals surface area contributed by atoms with Crippen LogP contribution in [0.15, 0.2) is 23.1 Å². The first-order chi connectivity index (χ1) is 7.42. The van der Waals surface area contributed by atoms with E-state index in [-0.39, 0.29) is 16.2 Å². The summed E-state index contributed by atoms with van der Waals surface area (Å²) in [6, 6.07) is 3.55. The molecule has 7 heteroatoms. The summed E-state index contributed by atoms with van der Waals surface area (Å²) in [5.41, 5.74) is -0.0353. The van der Waals surface area contributed by atoms with Crippen molar-refractivity contribution in [1.29, 1.82) is 0 Å². The average molecular weight is 245 g/mol.